The van der Waals surface area contributed by atoms with Crippen LogP contribution < -0.4 is 15.1 Å². The normalized spacial score (nSPS) is 11.5. The van der Waals surface area contributed by atoms with Gasteiger partial charge in [0.05, 0.1) is 23.4 Å². The van der Waals surface area contributed by atoms with Gasteiger partial charge in [-0.25, -0.2) is 4.83 Å². The third-order valence-corrected chi connectivity index (χ3v) is 6.51. The maximum atomic E-state index is 13.2. The van der Waals surface area contributed by atoms with Crippen LogP contribution in [0.25, 0.3) is 5.69 Å². The topological polar surface area (TPSA) is 127 Å². The fourth-order valence-electron chi connectivity index (χ4n) is 3.09. The average Bonchev–Trinajstić information content (AvgIpc) is 2.88. The molecule has 0 atom stereocenters. The van der Waals surface area contributed by atoms with Gasteiger partial charge in [-0.3, -0.25) is 9.36 Å². The van der Waals surface area contributed by atoms with Gasteiger partial charge >= 0.3 is 5.56 Å². The summed E-state index contributed by atoms with van der Waals surface area (Å²) in [6, 6.07) is 22.4. The molecule has 10 nitrogen and oxygen atoms in total. The minimum atomic E-state index is -4.20. The molecule has 0 amide bonds. The van der Waals surface area contributed by atoms with Crippen LogP contribution in [-0.2, 0) is 10.0 Å². The Hall–Kier alpha value is -4.29. The molecule has 4 aromatic rings. The molecular weight excluding hydrogens is 490 g/mol. The molecule has 35 heavy (non-hydrogen) atoms. The van der Waals surface area contributed by atoms with Crippen molar-refractivity contribution >= 4 is 33.6 Å². The third-order valence-electron chi connectivity index (χ3n) is 4.83. The second-order valence-electron chi connectivity index (χ2n) is 7.07. The van der Waals surface area contributed by atoms with Gasteiger partial charge in [-0.15, -0.1) is 5.11 Å². The lowest BCUT2D eigenvalue weighted by Gasteiger charge is -2.16. The minimum absolute atomic E-state index is 0.0814. The number of hydrogen-bond acceptors (Lipinski definition) is 8. The van der Waals surface area contributed by atoms with E-state index in [0.29, 0.717) is 21.8 Å². The van der Waals surface area contributed by atoms with E-state index in [0.717, 1.165) is 4.57 Å². The molecule has 1 aromatic heterocycles. The standard InChI is InChI=1S/C23H19N5O5S2/c1-33-18-14-12-16(13-15-18)24-25-20-21(29)27(17-8-4-2-5-9-17)23(34)28(22(20)30)26-35(31,32)19-10-6-3-7-11-19/h2-15,26,29H,1H3. The zero-order valence-electron chi connectivity index (χ0n) is 18.3. The fourth-order valence-corrected chi connectivity index (χ4v) is 4.50. The van der Waals surface area contributed by atoms with E-state index < -0.39 is 27.1 Å². The van der Waals surface area contributed by atoms with Crippen molar-refractivity contribution in [3.05, 3.63) is 100 Å². The zero-order chi connectivity index (χ0) is 25.0. The van der Waals surface area contributed by atoms with E-state index in [-0.39, 0.29) is 9.67 Å². The Balaban J connectivity index is 1.90. The maximum Gasteiger partial charge on any atom is 0.305 e. The van der Waals surface area contributed by atoms with E-state index >= 15 is 0 Å². The minimum Gasteiger partial charge on any atom is -0.497 e. The Labute approximate surface area is 205 Å². The van der Waals surface area contributed by atoms with Crippen LogP contribution in [-0.4, -0.2) is 29.9 Å². The van der Waals surface area contributed by atoms with Gasteiger partial charge in [-0.05, 0) is 60.7 Å². The largest absolute Gasteiger partial charge is 0.497 e. The number of aromatic hydroxyl groups is 1. The molecule has 0 unspecified atom stereocenters. The van der Waals surface area contributed by atoms with Crippen molar-refractivity contribution in [3.63, 3.8) is 0 Å². The number of sulfonamides is 1. The number of hydrogen-bond donors (Lipinski definition) is 2. The van der Waals surface area contributed by atoms with Crippen LogP contribution >= 0.6 is 12.2 Å². The molecule has 178 valence electrons. The van der Waals surface area contributed by atoms with Crippen molar-refractivity contribution in [1.82, 2.24) is 9.24 Å². The van der Waals surface area contributed by atoms with Crippen molar-refractivity contribution in [3.8, 4) is 17.3 Å². The molecule has 0 saturated heterocycles. The number of ether oxygens (including phenoxy) is 1. The van der Waals surface area contributed by atoms with Gasteiger partial charge in [-0.2, -0.15) is 18.2 Å². The first-order valence-corrected chi connectivity index (χ1v) is 12.0. The summed E-state index contributed by atoms with van der Waals surface area (Å²) in [5, 5.41) is 18.9. The quantitative estimate of drug-likeness (QED) is 0.280. The smallest absolute Gasteiger partial charge is 0.305 e. The number of nitrogens with one attached hydrogen (secondary N) is 1. The summed E-state index contributed by atoms with van der Waals surface area (Å²) in [6.07, 6.45) is 0. The maximum absolute atomic E-state index is 13.2. The number of rotatable bonds is 7. The molecule has 0 fully saturated rings. The highest BCUT2D eigenvalue weighted by Crippen LogP contribution is 2.28. The molecule has 1 heterocycles. The van der Waals surface area contributed by atoms with E-state index in [1.807, 2.05) is 0 Å². The summed E-state index contributed by atoms with van der Waals surface area (Å²) < 4.78 is 32.4. The predicted octanol–water partition coefficient (Wildman–Crippen LogP) is 4.43. The second kappa shape index (κ2) is 9.91. The van der Waals surface area contributed by atoms with Crippen molar-refractivity contribution in [2.24, 2.45) is 10.2 Å². The van der Waals surface area contributed by atoms with Crippen LogP contribution in [0.15, 0.2) is 105 Å². The summed E-state index contributed by atoms with van der Waals surface area (Å²) in [5.41, 5.74) is -0.774. The summed E-state index contributed by atoms with van der Waals surface area (Å²) >= 11 is 5.38. The first kappa shape index (κ1) is 23.9. The van der Waals surface area contributed by atoms with Gasteiger partial charge in [0.2, 0.25) is 16.3 Å². The van der Waals surface area contributed by atoms with Gasteiger partial charge < -0.3 is 9.84 Å². The predicted molar refractivity (Wildman–Crippen MR) is 133 cm³/mol. The number of methoxy groups -OCH3 is 1. The van der Waals surface area contributed by atoms with Gasteiger partial charge in [0.1, 0.15) is 5.75 Å². The summed E-state index contributed by atoms with van der Waals surface area (Å²) in [6.45, 7) is 0. The Bertz CT molecular complexity index is 1600. The van der Waals surface area contributed by atoms with Crippen LogP contribution in [0.3, 0.4) is 0 Å². The molecule has 0 aliphatic carbocycles. The highest BCUT2D eigenvalue weighted by Gasteiger charge is 2.22. The SMILES string of the molecule is COc1ccc(N=Nc2c(O)n(-c3ccccc3)c(=S)n(NS(=O)(=O)c3ccccc3)c2=O)cc1. The van der Waals surface area contributed by atoms with E-state index in [1.165, 1.54) is 19.2 Å². The molecular formula is C23H19N5O5S2. The molecule has 0 bridgehead atoms. The molecule has 2 N–H and O–H groups in total. The van der Waals surface area contributed by atoms with Crippen LogP contribution in [0.5, 0.6) is 11.6 Å². The Morgan fingerprint density at radius 2 is 1.51 bits per heavy atom. The Kier molecular flexibility index (Phi) is 6.75. The van der Waals surface area contributed by atoms with Crippen LogP contribution in [0.4, 0.5) is 11.4 Å². The first-order chi connectivity index (χ1) is 16.8. The van der Waals surface area contributed by atoms with Crippen molar-refractivity contribution in [1.29, 1.82) is 0 Å². The molecule has 0 spiro atoms. The number of nitrogens with zero attached hydrogens (tertiary/aromatic N) is 4. The molecule has 3 aromatic carbocycles. The second-order valence-corrected chi connectivity index (χ2v) is 9.10. The van der Waals surface area contributed by atoms with Gasteiger partial charge in [-0.1, -0.05) is 36.4 Å². The Morgan fingerprint density at radius 1 is 0.914 bits per heavy atom. The number of aromatic nitrogens is 2. The Morgan fingerprint density at radius 3 is 2.11 bits per heavy atom. The highest BCUT2D eigenvalue weighted by atomic mass is 32.2. The molecule has 0 radical (unpaired) electrons. The number of azo groups is 1. The lowest BCUT2D eigenvalue weighted by atomic mass is 10.3. The lowest BCUT2D eigenvalue weighted by molar-refractivity contribution is 0.415. The van der Waals surface area contributed by atoms with Crippen LogP contribution in [0, 0.1) is 4.77 Å². The molecule has 0 aliphatic rings. The van der Waals surface area contributed by atoms with Crippen LogP contribution in [0.2, 0.25) is 0 Å². The summed E-state index contributed by atoms with van der Waals surface area (Å²) in [4.78, 5) is 15.3. The third kappa shape index (κ3) is 4.98. The van der Waals surface area contributed by atoms with Gasteiger partial charge in [0.25, 0.3) is 10.0 Å². The average molecular weight is 510 g/mol. The fraction of sp³-hybridized carbons (Fsp3) is 0.0435. The first-order valence-electron chi connectivity index (χ1n) is 10.1. The van der Waals surface area contributed by atoms with Crippen molar-refractivity contribution in [2.45, 2.75) is 4.90 Å². The van der Waals surface area contributed by atoms with Crippen molar-refractivity contribution < 1.29 is 18.3 Å². The number of benzene rings is 3. The zero-order valence-corrected chi connectivity index (χ0v) is 19.9. The van der Waals surface area contributed by atoms with E-state index in [1.54, 1.807) is 72.8 Å². The highest BCUT2D eigenvalue weighted by molar-refractivity contribution is 7.92. The molecule has 0 aliphatic heterocycles. The van der Waals surface area contributed by atoms with Crippen molar-refractivity contribution in [2.75, 3.05) is 11.9 Å². The molecule has 4 rings (SSSR count). The summed E-state index contributed by atoms with van der Waals surface area (Å²) in [7, 11) is -2.68. The monoisotopic (exact) mass is 509 g/mol. The van der Waals surface area contributed by atoms with E-state index in [4.69, 9.17) is 17.0 Å². The van der Waals surface area contributed by atoms with Crippen LogP contribution in [0.1, 0.15) is 0 Å². The van der Waals surface area contributed by atoms with Gasteiger partial charge in [0, 0.05) is 0 Å². The van der Waals surface area contributed by atoms with Gasteiger partial charge in [0.15, 0.2) is 0 Å². The van der Waals surface area contributed by atoms with E-state index in [2.05, 4.69) is 15.1 Å². The molecule has 0 saturated carbocycles. The molecule has 12 heteroatoms. The number of para-hydroxylation sites is 1. The summed E-state index contributed by atoms with van der Waals surface area (Å²) in [5.74, 6) is 0.000437. The van der Waals surface area contributed by atoms with E-state index in [9.17, 15) is 18.3 Å². The lowest BCUT2D eigenvalue weighted by Crippen LogP contribution is -2.35.